The summed E-state index contributed by atoms with van der Waals surface area (Å²) in [7, 11) is 0. The van der Waals surface area contributed by atoms with Crippen LogP contribution in [0.1, 0.15) is 27.0 Å². The van der Waals surface area contributed by atoms with E-state index in [1.165, 1.54) is 0 Å². The molecule has 0 fully saturated rings. The van der Waals surface area contributed by atoms with Gasteiger partial charge in [0, 0.05) is 24.0 Å². The maximum atomic E-state index is 11.6. The van der Waals surface area contributed by atoms with Gasteiger partial charge in [-0.3, -0.25) is 9.78 Å². The molecule has 1 aliphatic rings. The monoisotopic (exact) mass is 501 g/mol. The number of hydrogen-bond donors (Lipinski definition) is 0. The van der Waals surface area contributed by atoms with Crippen LogP contribution in [-0.2, 0) is 13.2 Å². The van der Waals surface area contributed by atoms with Gasteiger partial charge < -0.3 is 18.9 Å². The fourth-order valence-electron chi connectivity index (χ4n) is 4.04. The van der Waals surface area contributed by atoms with Crippen LogP contribution in [-0.4, -0.2) is 24.5 Å². The molecule has 0 spiro atoms. The minimum absolute atomic E-state index is 0.270. The molecule has 1 aliphatic heterocycles. The first-order valence-electron chi connectivity index (χ1n) is 11.5. The number of halogens is 1. The van der Waals surface area contributed by atoms with Gasteiger partial charge >= 0.3 is 0 Å². The van der Waals surface area contributed by atoms with Gasteiger partial charge in [0.05, 0.1) is 10.6 Å². The minimum Gasteiger partial charge on any atom is -0.488 e. The lowest BCUT2D eigenvalue weighted by atomic mass is 9.96. The van der Waals surface area contributed by atoms with E-state index in [0.29, 0.717) is 41.9 Å². The number of carbonyl (C=O) groups is 1. The van der Waals surface area contributed by atoms with Gasteiger partial charge in [-0.1, -0.05) is 41.9 Å². The molecule has 0 atom stereocenters. The van der Waals surface area contributed by atoms with Crippen molar-refractivity contribution in [2.24, 2.45) is 0 Å². The molecule has 4 aromatic rings. The van der Waals surface area contributed by atoms with Crippen LogP contribution >= 0.6 is 11.6 Å². The number of aldehydes is 1. The maximum Gasteiger partial charge on any atom is 0.161 e. The van der Waals surface area contributed by atoms with Crippen molar-refractivity contribution in [3.63, 3.8) is 0 Å². The number of fused-ring (bicyclic) bond motifs is 1. The van der Waals surface area contributed by atoms with E-state index in [1.807, 2.05) is 42.5 Å². The Morgan fingerprint density at radius 3 is 2.58 bits per heavy atom. The number of hydrogen-bond acceptors (Lipinski definition) is 6. The van der Waals surface area contributed by atoms with Crippen molar-refractivity contribution in [1.29, 1.82) is 0 Å². The van der Waals surface area contributed by atoms with Crippen LogP contribution in [0.2, 0.25) is 5.02 Å². The van der Waals surface area contributed by atoms with Crippen molar-refractivity contribution in [1.82, 2.24) is 4.98 Å². The molecule has 0 saturated carbocycles. The molecule has 7 heteroatoms. The number of aromatic nitrogens is 1. The highest BCUT2D eigenvalue weighted by Gasteiger charge is 2.16. The molecule has 0 N–H and O–H groups in total. The molecule has 0 aliphatic carbocycles. The summed E-state index contributed by atoms with van der Waals surface area (Å²) in [5, 5.41) is 0.339. The third kappa shape index (κ3) is 5.14. The van der Waals surface area contributed by atoms with Gasteiger partial charge in [0.2, 0.25) is 0 Å². The first-order valence-corrected chi connectivity index (χ1v) is 11.9. The third-order valence-corrected chi connectivity index (χ3v) is 6.29. The van der Waals surface area contributed by atoms with Crippen LogP contribution in [0.15, 0.2) is 73.1 Å². The summed E-state index contributed by atoms with van der Waals surface area (Å²) < 4.78 is 23.4. The second-order valence-electron chi connectivity index (χ2n) is 8.33. The molecule has 0 amide bonds. The Hall–Kier alpha value is -4.03. The molecule has 5 rings (SSSR count). The summed E-state index contributed by atoms with van der Waals surface area (Å²) in [5.41, 5.74) is 5.46. The summed E-state index contributed by atoms with van der Waals surface area (Å²) in [6.45, 7) is 3.73. The zero-order valence-corrected chi connectivity index (χ0v) is 20.5. The van der Waals surface area contributed by atoms with Crippen molar-refractivity contribution in [2.45, 2.75) is 20.1 Å². The van der Waals surface area contributed by atoms with Crippen molar-refractivity contribution in [3.8, 4) is 34.1 Å². The predicted octanol–water partition coefficient (Wildman–Crippen LogP) is 6.45. The fraction of sp³-hybridized carbons (Fsp3) is 0.172. The number of rotatable bonds is 8. The number of benzene rings is 3. The summed E-state index contributed by atoms with van der Waals surface area (Å²) in [5.74, 6) is 2.35. The maximum absolute atomic E-state index is 11.6. The van der Waals surface area contributed by atoms with E-state index in [0.717, 1.165) is 45.6 Å². The molecule has 36 heavy (non-hydrogen) atoms. The summed E-state index contributed by atoms with van der Waals surface area (Å²) in [4.78, 5) is 15.7. The fourth-order valence-corrected chi connectivity index (χ4v) is 4.27. The molecule has 0 saturated heterocycles. The summed E-state index contributed by atoms with van der Waals surface area (Å²) in [6, 6.07) is 19.0. The Morgan fingerprint density at radius 1 is 0.944 bits per heavy atom. The van der Waals surface area contributed by atoms with Gasteiger partial charge in [-0.25, -0.2) is 0 Å². The van der Waals surface area contributed by atoms with E-state index in [9.17, 15) is 4.79 Å². The van der Waals surface area contributed by atoms with Crippen molar-refractivity contribution in [2.75, 3.05) is 13.2 Å². The van der Waals surface area contributed by atoms with Crippen molar-refractivity contribution >= 4 is 17.9 Å². The second kappa shape index (κ2) is 10.7. The van der Waals surface area contributed by atoms with E-state index >= 15 is 0 Å². The summed E-state index contributed by atoms with van der Waals surface area (Å²) >= 11 is 6.42. The highest BCUT2D eigenvalue weighted by atomic mass is 35.5. The summed E-state index contributed by atoms with van der Waals surface area (Å²) in [6.07, 6.45) is 4.12. The van der Waals surface area contributed by atoms with E-state index in [2.05, 4.69) is 18.0 Å². The van der Waals surface area contributed by atoms with Crippen LogP contribution in [0.25, 0.3) is 11.1 Å². The standard InChI is InChI=1S/C29H24ClNO5/c1-19-22(5-2-6-24(19)21-7-8-26-29(13-21)34-11-10-33-26)18-36-28-14-27(23(16-32)12-25(28)30)35-17-20-4-3-9-31-15-20/h2-9,12-16H,10-11,17-18H2,1H3. The third-order valence-electron chi connectivity index (χ3n) is 5.99. The zero-order valence-electron chi connectivity index (χ0n) is 19.7. The molecular weight excluding hydrogens is 478 g/mol. The largest absolute Gasteiger partial charge is 0.488 e. The molecule has 1 aromatic heterocycles. The van der Waals surface area contributed by atoms with E-state index < -0.39 is 0 Å². The van der Waals surface area contributed by atoms with Gasteiger partial charge in [0.15, 0.2) is 17.8 Å². The van der Waals surface area contributed by atoms with Crippen molar-refractivity contribution in [3.05, 3.63) is 100 Å². The lowest BCUT2D eigenvalue weighted by molar-refractivity contribution is 0.111. The molecule has 2 heterocycles. The first-order chi connectivity index (χ1) is 17.6. The van der Waals surface area contributed by atoms with Crippen LogP contribution in [0.5, 0.6) is 23.0 Å². The quantitative estimate of drug-likeness (QED) is 0.258. The Morgan fingerprint density at radius 2 is 1.78 bits per heavy atom. The van der Waals surface area contributed by atoms with Gasteiger partial charge in [0.1, 0.15) is 37.9 Å². The highest BCUT2D eigenvalue weighted by molar-refractivity contribution is 6.32. The molecule has 3 aromatic carbocycles. The highest BCUT2D eigenvalue weighted by Crippen LogP contribution is 2.37. The van der Waals surface area contributed by atoms with Gasteiger partial charge in [0.25, 0.3) is 0 Å². The Kier molecular flexibility index (Phi) is 7.05. The number of pyridine rings is 1. The van der Waals surface area contributed by atoms with Gasteiger partial charge in [-0.05, 0) is 53.4 Å². The Balaban J connectivity index is 1.35. The Labute approximate surface area is 214 Å². The number of ether oxygens (including phenoxy) is 4. The van der Waals surface area contributed by atoms with Crippen LogP contribution < -0.4 is 18.9 Å². The molecule has 182 valence electrons. The van der Waals surface area contributed by atoms with Gasteiger partial charge in [-0.2, -0.15) is 0 Å². The Bertz CT molecular complexity index is 1390. The van der Waals surface area contributed by atoms with E-state index in [-0.39, 0.29) is 6.61 Å². The topological polar surface area (TPSA) is 66.9 Å². The average Bonchev–Trinajstić information content (AvgIpc) is 2.92. The minimum atomic E-state index is 0.270. The van der Waals surface area contributed by atoms with Crippen LogP contribution in [0, 0.1) is 6.92 Å². The normalized spacial score (nSPS) is 12.2. The first kappa shape index (κ1) is 23.7. The van der Waals surface area contributed by atoms with Crippen molar-refractivity contribution < 1.29 is 23.7 Å². The zero-order chi connectivity index (χ0) is 24.9. The molecular formula is C29H24ClNO5. The van der Waals surface area contributed by atoms with Gasteiger partial charge in [-0.15, -0.1) is 0 Å². The van der Waals surface area contributed by atoms with E-state index in [4.69, 9.17) is 30.5 Å². The number of nitrogens with zero attached hydrogens (tertiary/aromatic N) is 1. The second-order valence-corrected chi connectivity index (χ2v) is 8.73. The average molecular weight is 502 g/mol. The van der Waals surface area contributed by atoms with E-state index in [1.54, 1.807) is 24.5 Å². The SMILES string of the molecule is Cc1c(COc2cc(OCc3cccnc3)c(C=O)cc2Cl)cccc1-c1ccc2c(c1)OCCO2. The predicted molar refractivity (Wildman–Crippen MR) is 137 cm³/mol. The van der Waals surface area contributed by atoms with Crippen LogP contribution in [0.4, 0.5) is 0 Å². The number of carbonyl (C=O) groups excluding carboxylic acids is 1. The molecule has 0 unspecified atom stereocenters. The molecule has 0 radical (unpaired) electrons. The lowest BCUT2D eigenvalue weighted by Gasteiger charge is -2.20. The smallest absolute Gasteiger partial charge is 0.161 e. The molecule has 0 bridgehead atoms. The lowest BCUT2D eigenvalue weighted by Crippen LogP contribution is -2.15. The molecule has 6 nitrogen and oxygen atoms in total. The van der Waals surface area contributed by atoms with Crippen LogP contribution in [0.3, 0.4) is 0 Å².